The van der Waals surface area contributed by atoms with Crippen LogP contribution in [0.1, 0.15) is 36.8 Å². The van der Waals surface area contributed by atoms with Gasteiger partial charge in [0.15, 0.2) is 0 Å². The van der Waals surface area contributed by atoms with Gasteiger partial charge in [0.2, 0.25) is 0 Å². The van der Waals surface area contributed by atoms with E-state index in [2.05, 4.69) is 41.0 Å². The molecule has 1 aliphatic heterocycles. The van der Waals surface area contributed by atoms with Crippen molar-refractivity contribution in [2.45, 2.75) is 45.2 Å². The molecule has 138 valence electrons. The predicted octanol–water partition coefficient (Wildman–Crippen LogP) is 2.21. The minimum Gasteiger partial charge on any atom is -0.473 e. The van der Waals surface area contributed by atoms with Crippen molar-refractivity contribution in [3.63, 3.8) is 0 Å². The van der Waals surface area contributed by atoms with Crippen molar-refractivity contribution in [3.05, 3.63) is 35.4 Å². The Labute approximate surface area is 149 Å². The Bertz CT molecular complexity index is 565. The van der Waals surface area contributed by atoms with Gasteiger partial charge in [-0.1, -0.05) is 37.1 Å². The standard InChI is InChI=1S/C17H26N2.C2H2O4/c1-15-6-2-3-7-16(15)14-18-10-12-19(13-11-18)17-8-4-5-9-17;3-1(4)2(5)6/h2-3,6-7,17H,4-5,8-14H2,1H3;(H,3,4)(H,5,6). The van der Waals surface area contributed by atoms with Crippen LogP contribution < -0.4 is 0 Å². The van der Waals surface area contributed by atoms with Gasteiger partial charge >= 0.3 is 11.9 Å². The van der Waals surface area contributed by atoms with E-state index in [0.29, 0.717) is 0 Å². The molecular formula is C19H28N2O4. The molecule has 1 aromatic rings. The van der Waals surface area contributed by atoms with E-state index in [9.17, 15) is 0 Å². The second-order valence-corrected chi connectivity index (χ2v) is 6.79. The van der Waals surface area contributed by atoms with E-state index in [-0.39, 0.29) is 0 Å². The first-order valence-corrected chi connectivity index (χ1v) is 8.94. The van der Waals surface area contributed by atoms with Crippen molar-refractivity contribution in [2.75, 3.05) is 26.2 Å². The lowest BCUT2D eigenvalue weighted by Crippen LogP contribution is -2.49. The van der Waals surface area contributed by atoms with Crippen LogP contribution in [0.2, 0.25) is 0 Å². The molecule has 2 N–H and O–H groups in total. The van der Waals surface area contributed by atoms with Gasteiger partial charge in [-0.15, -0.1) is 0 Å². The molecule has 1 aromatic carbocycles. The maximum absolute atomic E-state index is 9.10. The number of rotatable bonds is 3. The zero-order valence-electron chi connectivity index (χ0n) is 14.9. The molecule has 1 saturated carbocycles. The Morgan fingerprint density at radius 2 is 1.56 bits per heavy atom. The third-order valence-corrected chi connectivity index (χ3v) is 5.09. The number of hydrogen-bond donors (Lipinski definition) is 2. The van der Waals surface area contributed by atoms with E-state index in [0.717, 1.165) is 12.6 Å². The molecule has 0 spiro atoms. The van der Waals surface area contributed by atoms with Crippen LogP contribution in [0.25, 0.3) is 0 Å². The molecule has 0 atom stereocenters. The molecule has 2 aliphatic rings. The van der Waals surface area contributed by atoms with Crippen LogP contribution in [0.4, 0.5) is 0 Å². The Kier molecular flexibility index (Phi) is 7.40. The fraction of sp³-hybridized carbons (Fsp3) is 0.579. The molecule has 0 unspecified atom stereocenters. The molecular weight excluding hydrogens is 320 g/mol. The number of carboxylic acid groups (broad SMARTS) is 2. The zero-order valence-corrected chi connectivity index (χ0v) is 14.9. The minimum absolute atomic E-state index is 0.903. The van der Waals surface area contributed by atoms with Crippen molar-refractivity contribution >= 4 is 11.9 Å². The normalized spacial score (nSPS) is 19.2. The molecule has 6 heteroatoms. The van der Waals surface area contributed by atoms with E-state index >= 15 is 0 Å². The molecule has 1 aliphatic carbocycles. The van der Waals surface area contributed by atoms with Crippen molar-refractivity contribution < 1.29 is 19.8 Å². The predicted molar refractivity (Wildman–Crippen MR) is 95.6 cm³/mol. The smallest absolute Gasteiger partial charge is 0.414 e. The summed E-state index contributed by atoms with van der Waals surface area (Å²) in [4.78, 5) is 23.6. The maximum Gasteiger partial charge on any atom is 0.414 e. The second kappa shape index (κ2) is 9.53. The number of carboxylic acids is 2. The number of carbonyl (C=O) groups is 2. The summed E-state index contributed by atoms with van der Waals surface area (Å²) in [6, 6.07) is 9.71. The number of aryl methyl sites for hydroxylation is 1. The molecule has 6 nitrogen and oxygen atoms in total. The highest BCUT2D eigenvalue weighted by molar-refractivity contribution is 6.27. The largest absolute Gasteiger partial charge is 0.473 e. The summed E-state index contributed by atoms with van der Waals surface area (Å²) < 4.78 is 0. The van der Waals surface area contributed by atoms with Crippen molar-refractivity contribution in [2.24, 2.45) is 0 Å². The quantitative estimate of drug-likeness (QED) is 0.815. The van der Waals surface area contributed by atoms with Crippen LogP contribution in [0, 0.1) is 6.92 Å². The van der Waals surface area contributed by atoms with Crippen molar-refractivity contribution in [1.82, 2.24) is 9.80 Å². The van der Waals surface area contributed by atoms with Gasteiger partial charge in [-0.25, -0.2) is 9.59 Å². The molecule has 1 heterocycles. The minimum atomic E-state index is -1.82. The van der Waals surface area contributed by atoms with E-state index in [4.69, 9.17) is 19.8 Å². The zero-order chi connectivity index (χ0) is 18.2. The topological polar surface area (TPSA) is 81.1 Å². The highest BCUT2D eigenvalue weighted by Crippen LogP contribution is 2.24. The Morgan fingerprint density at radius 3 is 2.08 bits per heavy atom. The van der Waals surface area contributed by atoms with Gasteiger partial charge in [-0.2, -0.15) is 0 Å². The SMILES string of the molecule is Cc1ccccc1CN1CCN(C2CCCC2)CC1.O=C(O)C(=O)O. The number of benzene rings is 1. The Morgan fingerprint density at radius 1 is 1.00 bits per heavy atom. The summed E-state index contributed by atoms with van der Waals surface area (Å²) in [5, 5.41) is 14.8. The highest BCUT2D eigenvalue weighted by Gasteiger charge is 2.26. The summed E-state index contributed by atoms with van der Waals surface area (Å²) in [5.74, 6) is -3.65. The van der Waals surface area contributed by atoms with Gasteiger partial charge in [0.05, 0.1) is 0 Å². The Hall–Kier alpha value is -1.92. The molecule has 0 bridgehead atoms. The summed E-state index contributed by atoms with van der Waals surface area (Å²) in [6.45, 7) is 8.39. The molecule has 2 fully saturated rings. The van der Waals surface area contributed by atoms with Gasteiger partial charge in [0.1, 0.15) is 0 Å². The second-order valence-electron chi connectivity index (χ2n) is 6.79. The van der Waals surface area contributed by atoms with Crippen LogP contribution in [-0.2, 0) is 16.1 Å². The Balaban J connectivity index is 0.000000326. The van der Waals surface area contributed by atoms with Gasteiger partial charge in [0, 0.05) is 38.8 Å². The number of nitrogens with zero attached hydrogens (tertiary/aromatic N) is 2. The molecule has 0 aromatic heterocycles. The van der Waals surface area contributed by atoms with Gasteiger partial charge in [-0.05, 0) is 30.9 Å². The number of piperazine rings is 1. The fourth-order valence-electron chi connectivity index (χ4n) is 3.58. The van der Waals surface area contributed by atoms with Crippen molar-refractivity contribution in [3.8, 4) is 0 Å². The first kappa shape index (κ1) is 19.4. The third kappa shape index (κ3) is 6.14. The monoisotopic (exact) mass is 348 g/mol. The summed E-state index contributed by atoms with van der Waals surface area (Å²) in [7, 11) is 0. The average molecular weight is 348 g/mol. The summed E-state index contributed by atoms with van der Waals surface area (Å²) >= 11 is 0. The maximum atomic E-state index is 9.10. The average Bonchev–Trinajstić information content (AvgIpc) is 3.13. The molecule has 3 rings (SSSR count). The van der Waals surface area contributed by atoms with Crippen molar-refractivity contribution in [1.29, 1.82) is 0 Å². The molecule has 1 saturated heterocycles. The number of aliphatic carboxylic acids is 2. The van der Waals surface area contributed by atoms with E-state index in [1.54, 1.807) is 0 Å². The van der Waals surface area contributed by atoms with Crippen LogP contribution in [0.5, 0.6) is 0 Å². The van der Waals surface area contributed by atoms with E-state index < -0.39 is 11.9 Å². The third-order valence-electron chi connectivity index (χ3n) is 5.09. The van der Waals surface area contributed by atoms with E-state index in [1.165, 1.54) is 63.0 Å². The van der Waals surface area contributed by atoms with E-state index in [1.807, 2.05) is 0 Å². The van der Waals surface area contributed by atoms with Gasteiger partial charge in [-0.3, -0.25) is 9.80 Å². The lowest BCUT2D eigenvalue weighted by Gasteiger charge is -2.38. The van der Waals surface area contributed by atoms with Crippen LogP contribution in [-0.4, -0.2) is 64.2 Å². The lowest BCUT2D eigenvalue weighted by atomic mass is 10.1. The molecule has 0 radical (unpaired) electrons. The fourth-order valence-corrected chi connectivity index (χ4v) is 3.58. The first-order chi connectivity index (χ1) is 12.0. The summed E-state index contributed by atoms with van der Waals surface area (Å²) in [6.07, 6.45) is 5.79. The van der Waals surface area contributed by atoms with Gasteiger partial charge < -0.3 is 10.2 Å². The summed E-state index contributed by atoms with van der Waals surface area (Å²) in [5.41, 5.74) is 2.93. The van der Waals surface area contributed by atoms with Crippen LogP contribution in [0.3, 0.4) is 0 Å². The highest BCUT2D eigenvalue weighted by atomic mass is 16.4. The van der Waals surface area contributed by atoms with Crippen LogP contribution in [0.15, 0.2) is 24.3 Å². The molecule has 25 heavy (non-hydrogen) atoms. The number of hydrogen-bond acceptors (Lipinski definition) is 4. The molecule has 0 amide bonds. The first-order valence-electron chi connectivity index (χ1n) is 8.94. The van der Waals surface area contributed by atoms with Gasteiger partial charge in [0.25, 0.3) is 0 Å². The van der Waals surface area contributed by atoms with Crippen LogP contribution >= 0.6 is 0 Å². The lowest BCUT2D eigenvalue weighted by molar-refractivity contribution is -0.159.